The highest BCUT2D eigenvalue weighted by atomic mass is 32.2. The first kappa shape index (κ1) is 13.8. The SMILES string of the molecule is OC[C@H](O)[C@@H]1O[C@H](Sc2ccccc2)[C@@H](O)[C@H]1O. The zero-order valence-corrected chi connectivity index (χ0v) is 10.4. The molecule has 6 heteroatoms. The van der Waals surface area contributed by atoms with Crippen LogP contribution in [0.4, 0.5) is 0 Å². The molecule has 1 aliphatic heterocycles. The van der Waals surface area contributed by atoms with Crippen LogP contribution >= 0.6 is 11.8 Å². The average Bonchev–Trinajstić information content (AvgIpc) is 2.67. The quantitative estimate of drug-likeness (QED) is 0.595. The van der Waals surface area contributed by atoms with Crippen molar-refractivity contribution in [3.05, 3.63) is 30.3 Å². The first-order chi connectivity index (χ1) is 8.63. The van der Waals surface area contributed by atoms with E-state index >= 15 is 0 Å². The van der Waals surface area contributed by atoms with Gasteiger partial charge in [-0.1, -0.05) is 30.0 Å². The van der Waals surface area contributed by atoms with Crippen molar-refractivity contribution in [2.75, 3.05) is 6.61 Å². The molecule has 0 bridgehead atoms. The van der Waals surface area contributed by atoms with E-state index in [1.54, 1.807) is 0 Å². The van der Waals surface area contributed by atoms with Crippen molar-refractivity contribution in [2.24, 2.45) is 0 Å². The Morgan fingerprint density at radius 1 is 1.17 bits per heavy atom. The molecule has 5 nitrogen and oxygen atoms in total. The van der Waals surface area contributed by atoms with Gasteiger partial charge in [0.15, 0.2) is 0 Å². The van der Waals surface area contributed by atoms with E-state index in [1.165, 1.54) is 11.8 Å². The van der Waals surface area contributed by atoms with Crippen LogP contribution < -0.4 is 0 Å². The van der Waals surface area contributed by atoms with Gasteiger partial charge in [-0.3, -0.25) is 0 Å². The summed E-state index contributed by atoms with van der Waals surface area (Å²) in [6.45, 7) is -0.517. The molecule has 0 spiro atoms. The Morgan fingerprint density at radius 2 is 1.83 bits per heavy atom. The first-order valence-electron chi connectivity index (χ1n) is 5.65. The molecule has 0 unspecified atom stereocenters. The number of thioether (sulfide) groups is 1. The molecule has 0 aliphatic carbocycles. The topological polar surface area (TPSA) is 90.2 Å². The summed E-state index contributed by atoms with van der Waals surface area (Å²) in [5.41, 5.74) is -0.659. The van der Waals surface area contributed by atoms with Gasteiger partial charge >= 0.3 is 0 Å². The molecule has 4 N–H and O–H groups in total. The minimum Gasteiger partial charge on any atom is -0.394 e. The molecule has 0 amide bonds. The van der Waals surface area contributed by atoms with Crippen LogP contribution in [0.3, 0.4) is 0 Å². The van der Waals surface area contributed by atoms with Crippen molar-refractivity contribution in [1.82, 2.24) is 0 Å². The van der Waals surface area contributed by atoms with E-state index in [0.29, 0.717) is 0 Å². The van der Waals surface area contributed by atoms with Crippen molar-refractivity contribution in [3.63, 3.8) is 0 Å². The van der Waals surface area contributed by atoms with E-state index < -0.39 is 36.5 Å². The summed E-state index contributed by atoms with van der Waals surface area (Å²) in [6.07, 6.45) is -4.46. The van der Waals surface area contributed by atoms with E-state index in [2.05, 4.69) is 0 Å². The standard InChI is InChI=1S/C12H16O5S/c13-6-8(14)11-9(15)10(16)12(17-11)18-7-4-2-1-3-5-7/h1-5,8-16H,6H2/t8-,9+,10-,11-,12+/m0/s1. The zero-order valence-electron chi connectivity index (χ0n) is 9.59. The van der Waals surface area contributed by atoms with Crippen LogP contribution in [0.5, 0.6) is 0 Å². The molecule has 1 heterocycles. The van der Waals surface area contributed by atoms with Gasteiger partial charge in [0.1, 0.15) is 29.9 Å². The molecule has 1 aliphatic rings. The lowest BCUT2D eigenvalue weighted by atomic mass is 10.1. The molecule has 1 aromatic rings. The Balaban J connectivity index is 2.03. The van der Waals surface area contributed by atoms with Crippen LogP contribution in [0.25, 0.3) is 0 Å². The summed E-state index contributed by atoms with van der Waals surface area (Å²) < 4.78 is 5.40. The van der Waals surface area contributed by atoms with Gasteiger partial charge < -0.3 is 25.2 Å². The summed E-state index contributed by atoms with van der Waals surface area (Å²) in [7, 11) is 0. The molecule has 100 valence electrons. The van der Waals surface area contributed by atoms with Gasteiger partial charge in [0, 0.05) is 4.90 Å². The van der Waals surface area contributed by atoms with E-state index in [1.807, 2.05) is 30.3 Å². The summed E-state index contributed by atoms with van der Waals surface area (Å²) in [5.74, 6) is 0. The van der Waals surface area contributed by atoms with Gasteiger partial charge in [-0.15, -0.1) is 0 Å². The Bertz CT molecular complexity index is 374. The first-order valence-corrected chi connectivity index (χ1v) is 6.53. The lowest BCUT2D eigenvalue weighted by molar-refractivity contribution is -0.0713. The minimum absolute atomic E-state index is 0.517. The number of hydrogen-bond acceptors (Lipinski definition) is 6. The monoisotopic (exact) mass is 272 g/mol. The summed E-state index contributed by atoms with van der Waals surface area (Å²) in [6, 6.07) is 9.33. The average molecular weight is 272 g/mol. The van der Waals surface area contributed by atoms with E-state index in [9.17, 15) is 15.3 Å². The van der Waals surface area contributed by atoms with Gasteiger partial charge in [0.25, 0.3) is 0 Å². The highest BCUT2D eigenvalue weighted by molar-refractivity contribution is 7.99. The Kier molecular flexibility index (Phi) is 4.60. The molecule has 1 saturated heterocycles. The molecule has 0 aromatic heterocycles. The zero-order chi connectivity index (χ0) is 13.1. The van der Waals surface area contributed by atoms with Crippen LogP contribution in [0.15, 0.2) is 35.2 Å². The molecular weight excluding hydrogens is 256 g/mol. The minimum atomic E-state index is -1.20. The number of benzene rings is 1. The van der Waals surface area contributed by atoms with Gasteiger partial charge in [-0.2, -0.15) is 0 Å². The second kappa shape index (κ2) is 6.01. The third-order valence-electron chi connectivity index (χ3n) is 2.82. The number of rotatable bonds is 4. The number of ether oxygens (including phenoxy) is 1. The molecule has 1 aromatic carbocycles. The maximum Gasteiger partial charge on any atom is 0.136 e. The van der Waals surface area contributed by atoms with Crippen LogP contribution in [-0.2, 0) is 4.74 Å². The van der Waals surface area contributed by atoms with Crippen molar-refractivity contribution >= 4 is 11.8 Å². The molecule has 1 fully saturated rings. The number of aliphatic hydroxyl groups is 4. The predicted octanol–water partition coefficient (Wildman–Crippen LogP) is -0.421. The van der Waals surface area contributed by atoms with Gasteiger partial charge in [-0.25, -0.2) is 0 Å². The van der Waals surface area contributed by atoms with E-state index in [4.69, 9.17) is 9.84 Å². The molecule has 18 heavy (non-hydrogen) atoms. The normalized spacial score (nSPS) is 33.6. The molecule has 0 radical (unpaired) electrons. The molecule has 5 atom stereocenters. The highest BCUT2D eigenvalue weighted by Crippen LogP contribution is 2.35. The maximum absolute atomic E-state index is 9.85. The van der Waals surface area contributed by atoms with Crippen LogP contribution in [-0.4, -0.2) is 56.9 Å². The second-order valence-corrected chi connectivity index (χ2v) is 5.30. The number of aliphatic hydroxyl groups excluding tert-OH is 4. The van der Waals surface area contributed by atoms with Crippen molar-refractivity contribution in [2.45, 2.75) is 34.7 Å². The predicted molar refractivity (Wildman–Crippen MR) is 66.1 cm³/mol. The molecular formula is C12H16O5S. The third kappa shape index (κ3) is 2.85. The van der Waals surface area contributed by atoms with Gasteiger partial charge in [0.2, 0.25) is 0 Å². The highest BCUT2D eigenvalue weighted by Gasteiger charge is 2.46. The van der Waals surface area contributed by atoms with E-state index in [0.717, 1.165) is 4.90 Å². The Labute approximate surface area is 109 Å². The van der Waals surface area contributed by atoms with Crippen molar-refractivity contribution in [3.8, 4) is 0 Å². The lowest BCUT2D eigenvalue weighted by Gasteiger charge is -2.18. The van der Waals surface area contributed by atoms with Gasteiger partial charge in [-0.05, 0) is 12.1 Å². The Hall–Kier alpha value is -0.630. The fourth-order valence-electron chi connectivity index (χ4n) is 1.82. The number of hydrogen-bond donors (Lipinski definition) is 4. The summed E-state index contributed by atoms with van der Waals surface area (Å²) >= 11 is 1.27. The molecule has 2 rings (SSSR count). The lowest BCUT2D eigenvalue weighted by Crippen LogP contribution is -2.40. The second-order valence-electron chi connectivity index (χ2n) is 4.13. The van der Waals surface area contributed by atoms with Gasteiger partial charge in [0.05, 0.1) is 6.61 Å². The fourth-order valence-corrected chi connectivity index (χ4v) is 2.89. The maximum atomic E-state index is 9.85. The van der Waals surface area contributed by atoms with Crippen LogP contribution in [0.2, 0.25) is 0 Å². The van der Waals surface area contributed by atoms with Crippen molar-refractivity contribution < 1.29 is 25.2 Å². The smallest absolute Gasteiger partial charge is 0.136 e. The van der Waals surface area contributed by atoms with Crippen LogP contribution in [0.1, 0.15) is 0 Å². The largest absolute Gasteiger partial charge is 0.394 e. The molecule has 0 saturated carbocycles. The van der Waals surface area contributed by atoms with E-state index in [-0.39, 0.29) is 0 Å². The summed E-state index contributed by atoms with van der Waals surface area (Å²) in [5, 5.41) is 37.9. The summed E-state index contributed by atoms with van der Waals surface area (Å²) in [4.78, 5) is 0.896. The fraction of sp³-hybridized carbons (Fsp3) is 0.500. The Morgan fingerprint density at radius 3 is 2.44 bits per heavy atom. The van der Waals surface area contributed by atoms with Crippen molar-refractivity contribution in [1.29, 1.82) is 0 Å². The van der Waals surface area contributed by atoms with Crippen LogP contribution in [0, 0.1) is 0 Å². The third-order valence-corrected chi connectivity index (χ3v) is 3.98.